The lowest BCUT2D eigenvalue weighted by atomic mass is 9.85. The highest BCUT2D eigenvalue weighted by atomic mass is 16.1. The molecule has 0 saturated heterocycles. The van der Waals surface area contributed by atoms with Crippen LogP contribution in [0.1, 0.15) is 47.5 Å². The van der Waals surface area contributed by atoms with Crippen molar-refractivity contribution in [2.45, 2.75) is 47.5 Å². The Morgan fingerprint density at radius 2 is 1.65 bits per heavy atom. The summed E-state index contributed by atoms with van der Waals surface area (Å²) in [5.41, 5.74) is 5.53. The highest BCUT2D eigenvalue weighted by Gasteiger charge is 2.18. The van der Waals surface area contributed by atoms with Crippen LogP contribution in [0, 0.1) is 23.7 Å². The molecule has 0 radical (unpaired) electrons. The maximum absolute atomic E-state index is 11.7. The number of carbonyl (C=O) groups is 1. The van der Waals surface area contributed by atoms with Gasteiger partial charge in [-0.1, -0.05) is 34.6 Å². The number of carbonyl (C=O) groups excluding carboxylic acids is 1. The molecule has 0 spiro atoms. The van der Waals surface area contributed by atoms with Crippen LogP contribution in [-0.4, -0.2) is 19.0 Å². The van der Waals surface area contributed by atoms with E-state index in [0.717, 1.165) is 13.0 Å². The Kier molecular flexibility index (Phi) is 8.23. The highest BCUT2D eigenvalue weighted by molar-refractivity contribution is 5.75. The van der Waals surface area contributed by atoms with Gasteiger partial charge in [-0.05, 0) is 36.6 Å². The molecule has 1 atom stereocenters. The number of nitrogens with one attached hydrogen (secondary N) is 1. The van der Waals surface area contributed by atoms with Gasteiger partial charge in [0.25, 0.3) is 0 Å². The standard InChI is InChI=1S/C14H30N2O/c1-10(2)13(11(3)4)9-16-14(17)7-6-12(5)8-15/h10-13H,6-9,15H2,1-5H3,(H,16,17). The third-order valence-electron chi connectivity index (χ3n) is 3.51. The summed E-state index contributed by atoms with van der Waals surface area (Å²) in [6, 6.07) is 0. The van der Waals surface area contributed by atoms with Crippen LogP contribution in [0.15, 0.2) is 0 Å². The van der Waals surface area contributed by atoms with Gasteiger partial charge >= 0.3 is 0 Å². The smallest absolute Gasteiger partial charge is 0.220 e. The van der Waals surface area contributed by atoms with Crippen LogP contribution in [0.4, 0.5) is 0 Å². The monoisotopic (exact) mass is 242 g/mol. The number of nitrogens with two attached hydrogens (primary N) is 1. The fourth-order valence-corrected chi connectivity index (χ4v) is 2.06. The molecule has 1 amide bonds. The Morgan fingerprint density at radius 3 is 2.06 bits per heavy atom. The summed E-state index contributed by atoms with van der Waals surface area (Å²) in [6.45, 7) is 12.4. The molecule has 0 aromatic rings. The minimum absolute atomic E-state index is 0.164. The van der Waals surface area contributed by atoms with Crippen molar-refractivity contribution in [1.82, 2.24) is 5.32 Å². The molecule has 3 heteroatoms. The molecule has 3 nitrogen and oxygen atoms in total. The zero-order chi connectivity index (χ0) is 13.4. The van der Waals surface area contributed by atoms with Gasteiger partial charge in [-0.2, -0.15) is 0 Å². The minimum Gasteiger partial charge on any atom is -0.356 e. The van der Waals surface area contributed by atoms with Crippen molar-refractivity contribution in [2.24, 2.45) is 29.4 Å². The van der Waals surface area contributed by atoms with E-state index < -0.39 is 0 Å². The molecule has 1 unspecified atom stereocenters. The first-order chi connectivity index (χ1) is 7.88. The van der Waals surface area contributed by atoms with Gasteiger partial charge in [-0.15, -0.1) is 0 Å². The van der Waals surface area contributed by atoms with Gasteiger partial charge in [-0.25, -0.2) is 0 Å². The first-order valence-corrected chi connectivity index (χ1v) is 6.85. The fraction of sp³-hybridized carbons (Fsp3) is 0.929. The fourth-order valence-electron chi connectivity index (χ4n) is 2.06. The molecule has 0 aliphatic rings. The van der Waals surface area contributed by atoms with E-state index >= 15 is 0 Å². The Balaban J connectivity index is 3.89. The maximum atomic E-state index is 11.7. The summed E-state index contributed by atoms with van der Waals surface area (Å²) in [5, 5.41) is 3.05. The van der Waals surface area contributed by atoms with Crippen LogP contribution in [-0.2, 0) is 4.79 Å². The van der Waals surface area contributed by atoms with Crippen molar-refractivity contribution in [3.8, 4) is 0 Å². The molecule has 0 saturated carbocycles. The van der Waals surface area contributed by atoms with Crippen molar-refractivity contribution in [3.05, 3.63) is 0 Å². The number of amides is 1. The SMILES string of the molecule is CC(CN)CCC(=O)NCC(C(C)C)C(C)C. The van der Waals surface area contributed by atoms with Crippen molar-refractivity contribution in [2.75, 3.05) is 13.1 Å². The van der Waals surface area contributed by atoms with E-state index in [4.69, 9.17) is 5.73 Å². The van der Waals surface area contributed by atoms with E-state index in [0.29, 0.717) is 36.6 Å². The van der Waals surface area contributed by atoms with Gasteiger partial charge < -0.3 is 11.1 Å². The molecular formula is C14H30N2O. The molecule has 0 aliphatic carbocycles. The molecule has 17 heavy (non-hydrogen) atoms. The molecule has 0 bridgehead atoms. The Hall–Kier alpha value is -0.570. The van der Waals surface area contributed by atoms with E-state index in [2.05, 4.69) is 39.9 Å². The highest BCUT2D eigenvalue weighted by Crippen LogP contribution is 2.19. The lowest BCUT2D eigenvalue weighted by molar-refractivity contribution is -0.121. The van der Waals surface area contributed by atoms with Crippen molar-refractivity contribution in [1.29, 1.82) is 0 Å². The zero-order valence-electron chi connectivity index (χ0n) is 12.1. The van der Waals surface area contributed by atoms with Crippen LogP contribution < -0.4 is 11.1 Å². The number of hydrogen-bond acceptors (Lipinski definition) is 2. The van der Waals surface area contributed by atoms with E-state index in [9.17, 15) is 4.79 Å². The van der Waals surface area contributed by atoms with Crippen LogP contribution >= 0.6 is 0 Å². The second-order valence-electron chi connectivity index (χ2n) is 5.84. The lowest BCUT2D eigenvalue weighted by Gasteiger charge is -2.25. The second kappa shape index (κ2) is 8.51. The van der Waals surface area contributed by atoms with Crippen LogP contribution in [0.5, 0.6) is 0 Å². The number of hydrogen-bond donors (Lipinski definition) is 2. The molecule has 0 heterocycles. The van der Waals surface area contributed by atoms with Crippen LogP contribution in [0.25, 0.3) is 0 Å². The second-order valence-corrected chi connectivity index (χ2v) is 5.84. The van der Waals surface area contributed by atoms with Gasteiger partial charge in [0, 0.05) is 13.0 Å². The van der Waals surface area contributed by atoms with Crippen molar-refractivity contribution < 1.29 is 4.79 Å². The van der Waals surface area contributed by atoms with Crippen LogP contribution in [0.2, 0.25) is 0 Å². The summed E-state index contributed by atoms with van der Waals surface area (Å²) in [4.78, 5) is 11.7. The maximum Gasteiger partial charge on any atom is 0.220 e. The molecule has 0 aliphatic heterocycles. The Bertz CT molecular complexity index is 206. The zero-order valence-corrected chi connectivity index (χ0v) is 12.1. The third kappa shape index (κ3) is 7.37. The largest absolute Gasteiger partial charge is 0.356 e. The first-order valence-electron chi connectivity index (χ1n) is 6.85. The normalized spacial score (nSPS) is 13.5. The summed E-state index contributed by atoms with van der Waals surface area (Å²) < 4.78 is 0. The first kappa shape index (κ1) is 16.4. The average Bonchev–Trinajstić information content (AvgIpc) is 2.25. The molecule has 102 valence electrons. The van der Waals surface area contributed by atoms with E-state index in [-0.39, 0.29) is 5.91 Å². The third-order valence-corrected chi connectivity index (χ3v) is 3.51. The van der Waals surface area contributed by atoms with Crippen LogP contribution in [0.3, 0.4) is 0 Å². The molecule has 3 N–H and O–H groups in total. The molecule has 0 aromatic heterocycles. The van der Waals surface area contributed by atoms with Gasteiger partial charge in [0.05, 0.1) is 0 Å². The molecule has 0 fully saturated rings. The van der Waals surface area contributed by atoms with Crippen molar-refractivity contribution >= 4 is 5.91 Å². The average molecular weight is 242 g/mol. The topological polar surface area (TPSA) is 55.1 Å². The summed E-state index contributed by atoms with van der Waals surface area (Å²) in [7, 11) is 0. The Morgan fingerprint density at radius 1 is 1.12 bits per heavy atom. The summed E-state index contributed by atoms with van der Waals surface area (Å²) in [5.74, 6) is 2.38. The molecular weight excluding hydrogens is 212 g/mol. The molecule has 0 rings (SSSR count). The van der Waals surface area contributed by atoms with E-state index in [1.807, 2.05) is 0 Å². The van der Waals surface area contributed by atoms with E-state index in [1.165, 1.54) is 0 Å². The van der Waals surface area contributed by atoms with Crippen molar-refractivity contribution in [3.63, 3.8) is 0 Å². The summed E-state index contributed by atoms with van der Waals surface area (Å²) in [6.07, 6.45) is 1.48. The predicted molar refractivity (Wildman–Crippen MR) is 73.6 cm³/mol. The summed E-state index contributed by atoms with van der Waals surface area (Å²) >= 11 is 0. The van der Waals surface area contributed by atoms with Gasteiger partial charge in [0.1, 0.15) is 0 Å². The number of rotatable bonds is 8. The van der Waals surface area contributed by atoms with Gasteiger partial charge in [0.2, 0.25) is 5.91 Å². The van der Waals surface area contributed by atoms with E-state index in [1.54, 1.807) is 0 Å². The lowest BCUT2D eigenvalue weighted by Crippen LogP contribution is -2.34. The quantitative estimate of drug-likeness (QED) is 0.687. The minimum atomic E-state index is 0.164. The molecule has 0 aromatic carbocycles. The van der Waals surface area contributed by atoms with Gasteiger partial charge in [0.15, 0.2) is 0 Å². The van der Waals surface area contributed by atoms with Gasteiger partial charge in [-0.3, -0.25) is 4.79 Å². The predicted octanol–water partition coefficient (Wildman–Crippen LogP) is 2.41. The Labute approximate surface area is 107 Å².